The molecule has 3 rings (SSSR count). The molecule has 0 bridgehead atoms. The van der Waals surface area contributed by atoms with Crippen molar-refractivity contribution in [3.63, 3.8) is 0 Å². The van der Waals surface area contributed by atoms with Crippen LogP contribution in [0.25, 0.3) is 0 Å². The van der Waals surface area contributed by atoms with Crippen molar-refractivity contribution in [1.29, 1.82) is 0 Å². The fourth-order valence-electron chi connectivity index (χ4n) is 4.21. The standard InChI is InChI=1S/C30H33F4N3O4S/c1-21(2)18-35-29(39)27(16-22-8-5-4-6-9-22)36(19-23-12-14-25(31)15-13-23)28(38)20-37(42(3,40)41)26-11-7-10-24(17-26)30(32,33)34/h4-15,17,21,27H,16,18-20H2,1-3H3,(H,35,39)/t27-/m1/s1. The highest BCUT2D eigenvalue weighted by atomic mass is 32.2. The van der Waals surface area contributed by atoms with Crippen LogP contribution >= 0.6 is 0 Å². The van der Waals surface area contributed by atoms with Gasteiger partial charge in [-0.3, -0.25) is 13.9 Å². The second-order valence-corrected chi connectivity index (χ2v) is 12.2. The van der Waals surface area contributed by atoms with Crippen LogP contribution in [0.2, 0.25) is 0 Å². The fourth-order valence-corrected chi connectivity index (χ4v) is 5.06. The van der Waals surface area contributed by atoms with Crippen molar-refractivity contribution in [3.8, 4) is 0 Å². The van der Waals surface area contributed by atoms with Crippen LogP contribution in [0.15, 0.2) is 78.9 Å². The van der Waals surface area contributed by atoms with Gasteiger partial charge < -0.3 is 10.2 Å². The van der Waals surface area contributed by atoms with Gasteiger partial charge in [0.05, 0.1) is 17.5 Å². The van der Waals surface area contributed by atoms with Crippen LogP contribution < -0.4 is 9.62 Å². The van der Waals surface area contributed by atoms with E-state index >= 15 is 0 Å². The molecule has 7 nitrogen and oxygen atoms in total. The number of carbonyl (C=O) groups is 2. The van der Waals surface area contributed by atoms with Crippen LogP contribution in [-0.4, -0.2) is 50.5 Å². The number of rotatable bonds is 12. The molecule has 0 unspecified atom stereocenters. The Kier molecular flexibility index (Phi) is 10.7. The van der Waals surface area contributed by atoms with Gasteiger partial charge in [0.1, 0.15) is 18.4 Å². The highest BCUT2D eigenvalue weighted by Crippen LogP contribution is 2.32. The van der Waals surface area contributed by atoms with E-state index in [9.17, 15) is 35.6 Å². The van der Waals surface area contributed by atoms with Gasteiger partial charge in [0.15, 0.2) is 0 Å². The molecule has 2 amide bonds. The van der Waals surface area contributed by atoms with Gasteiger partial charge in [-0.15, -0.1) is 0 Å². The lowest BCUT2D eigenvalue weighted by atomic mass is 10.0. The summed E-state index contributed by atoms with van der Waals surface area (Å²) in [6.45, 7) is 3.04. The average molecular weight is 608 g/mol. The van der Waals surface area contributed by atoms with E-state index in [4.69, 9.17) is 0 Å². The third-order valence-electron chi connectivity index (χ3n) is 6.36. The zero-order valence-corrected chi connectivity index (χ0v) is 24.3. The van der Waals surface area contributed by atoms with Gasteiger partial charge in [0, 0.05) is 19.5 Å². The predicted octanol–water partition coefficient (Wildman–Crippen LogP) is 5.02. The van der Waals surface area contributed by atoms with Gasteiger partial charge in [0.2, 0.25) is 21.8 Å². The number of sulfonamides is 1. The third kappa shape index (κ3) is 9.30. The van der Waals surface area contributed by atoms with E-state index in [1.54, 1.807) is 30.3 Å². The van der Waals surface area contributed by atoms with Gasteiger partial charge in [-0.1, -0.05) is 62.4 Å². The molecule has 3 aromatic carbocycles. The summed E-state index contributed by atoms with van der Waals surface area (Å²) in [5.74, 6) is -1.75. The van der Waals surface area contributed by atoms with E-state index in [0.29, 0.717) is 22.5 Å². The molecule has 0 aliphatic rings. The largest absolute Gasteiger partial charge is 0.416 e. The lowest BCUT2D eigenvalue weighted by Gasteiger charge is -2.33. The first-order valence-electron chi connectivity index (χ1n) is 13.2. The van der Waals surface area contributed by atoms with Crippen LogP contribution in [0, 0.1) is 11.7 Å². The molecule has 0 fully saturated rings. The summed E-state index contributed by atoms with van der Waals surface area (Å²) in [7, 11) is -4.25. The first kappa shape index (κ1) is 32.6. The zero-order chi connectivity index (χ0) is 31.1. The smallest absolute Gasteiger partial charge is 0.354 e. The Morgan fingerprint density at radius 1 is 0.905 bits per heavy atom. The summed E-state index contributed by atoms with van der Waals surface area (Å²) >= 11 is 0. The fraction of sp³-hybridized carbons (Fsp3) is 0.333. The molecule has 3 aromatic rings. The molecular formula is C30H33F4N3O4S. The Morgan fingerprint density at radius 3 is 2.12 bits per heavy atom. The topological polar surface area (TPSA) is 86.8 Å². The number of amides is 2. The quantitative estimate of drug-likeness (QED) is 0.293. The number of anilines is 1. The number of benzene rings is 3. The van der Waals surface area contributed by atoms with Crippen molar-refractivity contribution < 1.29 is 35.6 Å². The number of hydrogen-bond donors (Lipinski definition) is 1. The number of hydrogen-bond acceptors (Lipinski definition) is 4. The number of alkyl halides is 3. The maximum atomic E-state index is 13.9. The second-order valence-electron chi connectivity index (χ2n) is 10.3. The van der Waals surface area contributed by atoms with Crippen molar-refractivity contribution in [2.75, 3.05) is 23.7 Å². The zero-order valence-electron chi connectivity index (χ0n) is 23.4. The molecule has 0 radical (unpaired) electrons. The molecular weight excluding hydrogens is 574 g/mol. The SMILES string of the molecule is CC(C)CNC(=O)[C@@H](Cc1ccccc1)N(Cc1ccc(F)cc1)C(=O)CN(c1cccc(C(F)(F)F)c1)S(C)(=O)=O. The Morgan fingerprint density at radius 2 is 1.55 bits per heavy atom. The molecule has 0 heterocycles. The molecule has 42 heavy (non-hydrogen) atoms. The molecule has 1 atom stereocenters. The summed E-state index contributed by atoms with van der Waals surface area (Å²) in [5, 5.41) is 2.82. The monoisotopic (exact) mass is 607 g/mol. The van der Waals surface area contributed by atoms with E-state index in [1.165, 1.54) is 29.2 Å². The van der Waals surface area contributed by atoms with Crippen molar-refractivity contribution >= 4 is 27.5 Å². The van der Waals surface area contributed by atoms with Crippen LogP contribution in [0.3, 0.4) is 0 Å². The van der Waals surface area contributed by atoms with Crippen LogP contribution in [0.4, 0.5) is 23.2 Å². The highest BCUT2D eigenvalue weighted by Gasteiger charge is 2.35. The molecule has 0 aliphatic carbocycles. The van der Waals surface area contributed by atoms with Crippen LogP contribution in [0.1, 0.15) is 30.5 Å². The van der Waals surface area contributed by atoms with Gasteiger partial charge >= 0.3 is 6.18 Å². The van der Waals surface area contributed by atoms with Crippen molar-refractivity contribution in [1.82, 2.24) is 10.2 Å². The van der Waals surface area contributed by atoms with Crippen LogP contribution in [0.5, 0.6) is 0 Å². The van der Waals surface area contributed by atoms with Gasteiger partial charge in [0.25, 0.3) is 0 Å². The first-order valence-corrected chi connectivity index (χ1v) is 15.0. The number of nitrogens with zero attached hydrogens (tertiary/aromatic N) is 2. The average Bonchev–Trinajstić information content (AvgIpc) is 2.92. The second kappa shape index (κ2) is 13.8. The normalized spacial score (nSPS) is 12.6. The maximum absolute atomic E-state index is 13.9. The lowest BCUT2D eigenvalue weighted by Crippen LogP contribution is -2.53. The summed E-state index contributed by atoms with van der Waals surface area (Å²) in [6, 6.07) is 16.6. The number of nitrogens with one attached hydrogen (secondary N) is 1. The summed E-state index contributed by atoms with van der Waals surface area (Å²) in [6.07, 6.45) is -3.89. The Hall–Kier alpha value is -3.93. The Bertz CT molecular complexity index is 1460. The summed E-state index contributed by atoms with van der Waals surface area (Å²) in [5.41, 5.74) is -0.257. The highest BCUT2D eigenvalue weighted by molar-refractivity contribution is 7.92. The molecule has 1 N–H and O–H groups in total. The molecule has 12 heteroatoms. The maximum Gasteiger partial charge on any atom is 0.416 e. The van der Waals surface area contributed by atoms with E-state index in [2.05, 4.69) is 5.32 Å². The molecule has 0 saturated heterocycles. The summed E-state index contributed by atoms with van der Waals surface area (Å²) < 4.78 is 80.0. The van der Waals surface area contributed by atoms with Gasteiger partial charge in [-0.05, 0) is 47.4 Å². The molecule has 0 aliphatic heterocycles. The van der Waals surface area contributed by atoms with E-state index in [0.717, 1.165) is 30.0 Å². The third-order valence-corrected chi connectivity index (χ3v) is 7.50. The number of halogens is 4. The predicted molar refractivity (Wildman–Crippen MR) is 152 cm³/mol. The van der Waals surface area contributed by atoms with Crippen molar-refractivity contribution in [2.24, 2.45) is 5.92 Å². The van der Waals surface area contributed by atoms with Crippen molar-refractivity contribution in [2.45, 2.75) is 39.0 Å². The van der Waals surface area contributed by atoms with E-state index < -0.39 is 52.0 Å². The molecule has 0 saturated carbocycles. The molecule has 226 valence electrons. The first-order chi connectivity index (χ1) is 19.6. The minimum atomic E-state index is -4.74. The van der Waals surface area contributed by atoms with Crippen molar-refractivity contribution in [3.05, 3.63) is 101 Å². The molecule has 0 spiro atoms. The number of carbonyl (C=O) groups excluding carboxylic acids is 2. The Balaban J connectivity index is 2.07. The van der Waals surface area contributed by atoms with Crippen LogP contribution in [-0.2, 0) is 38.8 Å². The van der Waals surface area contributed by atoms with Gasteiger partial charge in [-0.25, -0.2) is 12.8 Å². The summed E-state index contributed by atoms with van der Waals surface area (Å²) in [4.78, 5) is 28.7. The van der Waals surface area contributed by atoms with E-state index in [-0.39, 0.29) is 24.6 Å². The lowest BCUT2D eigenvalue weighted by molar-refractivity contribution is -0.140. The minimum absolute atomic E-state index is 0.0696. The Labute approximate surface area is 243 Å². The van der Waals surface area contributed by atoms with Gasteiger partial charge in [-0.2, -0.15) is 13.2 Å². The minimum Gasteiger partial charge on any atom is -0.354 e. The molecule has 0 aromatic heterocycles. The van der Waals surface area contributed by atoms with E-state index in [1.807, 2.05) is 13.8 Å².